The molecule has 3 heterocycles. The lowest BCUT2D eigenvalue weighted by Crippen LogP contribution is -2.44. The van der Waals surface area contributed by atoms with E-state index in [0.29, 0.717) is 16.8 Å². The number of carbonyl (C=O) groups is 1. The summed E-state index contributed by atoms with van der Waals surface area (Å²) in [6.07, 6.45) is 4.38. The number of carbonyl (C=O) groups excluding carboxylic acids is 1. The van der Waals surface area contributed by atoms with Crippen LogP contribution in [0.25, 0.3) is 11.3 Å². The van der Waals surface area contributed by atoms with Gasteiger partial charge in [-0.1, -0.05) is 30.3 Å². The normalized spacial score (nSPS) is 16.4. The van der Waals surface area contributed by atoms with Crippen LogP contribution >= 0.6 is 0 Å². The standard InChI is InChI=1S/C26H26FN3O2/c27-22-6-2-4-19(15-22)24-8-7-20(16-28-24)26(31)29-23-9-12-30(13-10-23)17-21-5-1-3-18-11-14-32-25(18)21/h1-8,15-16,23H,9-14,17H2,(H,29,31). The number of nitrogens with zero attached hydrogens (tertiary/aromatic N) is 2. The first-order valence-electron chi connectivity index (χ1n) is 11.1. The maximum absolute atomic E-state index is 13.4. The lowest BCUT2D eigenvalue weighted by molar-refractivity contribution is 0.0908. The molecule has 1 N–H and O–H groups in total. The average molecular weight is 432 g/mol. The van der Waals surface area contributed by atoms with Gasteiger partial charge in [0.25, 0.3) is 5.91 Å². The van der Waals surface area contributed by atoms with Crippen molar-refractivity contribution < 1.29 is 13.9 Å². The molecule has 5 rings (SSSR count). The summed E-state index contributed by atoms with van der Waals surface area (Å²) < 4.78 is 19.3. The highest BCUT2D eigenvalue weighted by Gasteiger charge is 2.23. The maximum Gasteiger partial charge on any atom is 0.253 e. The molecule has 0 spiro atoms. The molecule has 2 aliphatic heterocycles. The number of fused-ring (bicyclic) bond motifs is 1. The van der Waals surface area contributed by atoms with Crippen molar-refractivity contribution in [3.05, 3.63) is 83.3 Å². The Hall–Kier alpha value is -3.25. The molecule has 0 radical (unpaired) electrons. The molecule has 0 aliphatic carbocycles. The van der Waals surface area contributed by atoms with E-state index in [1.807, 2.05) is 0 Å². The number of likely N-dealkylation sites (tertiary alicyclic amines) is 1. The summed E-state index contributed by atoms with van der Waals surface area (Å²) in [4.78, 5) is 19.4. The number of amides is 1. The Kier molecular flexibility index (Phi) is 5.86. The summed E-state index contributed by atoms with van der Waals surface area (Å²) in [6.45, 7) is 3.53. The lowest BCUT2D eigenvalue weighted by Gasteiger charge is -2.32. The number of hydrogen-bond donors (Lipinski definition) is 1. The van der Waals surface area contributed by atoms with Gasteiger partial charge in [-0.2, -0.15) is 0 Å². The van der Waals surface area contributed by atoms with Gasteiger partial charge in [0.05, 0.1) is 17.9 Å². The van der Waals surface area contributed by atoms with E-state index in [4.69, 9.17) is 4.74 Å². The molecule has 0 bridgehead atoms. The Morgan fingerprint density at radius 1 is 1.12 bits per heavy atom. The van der Waals surface area contributed by atoms with Crippen molar-refractivity contribution in [1.82, 2.24) is 15.2 Å². The van der Waals surface area contributed by atoms with Gasteiger partial charge in [0.15, 0.2) is 0 Å². The quantitative estimate of drug-likeness (QED) is 0.657. The third-order valence-corrected chi connectivity index (χ3v) is 6.26. The van der Waals surface area contributed by atoms with Crippen LogP contribution in [0.15, 0.2) is 60.8 Å². The Morgan fingerprint density at radius 2 is 1.97 bits per heavy atom. The smallest absolute Gasteiger partial charge is 0.253 e. The fourth-order valence-electron chi connectivity index (χ4n) is 4.50. The van der Waals surface area contributed by atoms with Crippen molar-refractivity contribution in [2.45, 2.75) is 31.8 Å². The fourth-order valence-corrected chi connectivity index (χ4v) is 4.50. The number of nitrogens with one attached hydrogen (secondary N) is 1. The molecule has 2 aromatic carbocycles. The highest BCUT2D eigenvalue weighted by Crippen LogP contribution is 2.30. The van der Waals surface area contributed by atoms with E-state index in [2.05, 4.69) is 33.4 Å². The first-order chi connectivity index (χ1) is 15.7. The highest BCUT2D eigenvalue weighted by atomic mass is 19.1. The zero-order valence-electron chi connectivity index (χ0n) is 17.9. The molecule has 1 amide bonds. The van der Waals surface area contributed by atoms with E-state index in [1.54, 1.807) is 30.5 Å². The van der Waals surface area contributed by atoms with Gasteiger partial charge in [-0.15, -0.1) is 0 Å². The Bertz CT molecular complexity index is 1110. The molecular weight excluding hydrogens is 405 g/mol. The molecule has 1 fully saturated rings. The number of piperidine rings is 1. The molecule has 2 aliphatic rings. The largest absolute Gasteiger partial charge is 0.493 e. The summed E-state index contributed by atoms with van der Waals surface area (Å²) in [5.74, 6) is 0.648. The zero-order valence-corrected chi connectivity index (χ0v) is 17.9. The van der Waals surface area contributed by atoms with Gasteiger partial charge in [0.2, 0.25) is 0 Å². The number of hydrogen-bond acceptors (Lipinski definition) is 4. The Morgan fingerprint density at radius 3 is 2.75 bits per heavy atom. The predicted octanol–water partition coefficient (Wildman–Crippen LogP) is 4.22. The van der Waals surface area contributed by atoms with E-state index in [9.17, 15) is 9.18 Å². The predicted molar refractivity (Wildman–Crippen MR) is 121 cm³/mol. The Balaban J connectivity index is 1.14. The van der Waals surface area contributed by atoms with Crippen LogP contribution in [0.2, 0.25) is 0 Å². The third-order valence-electron chi connectivity index (χ3n) is 6.26. The second-order valence-electron chi connectivity index (χ2n) is 8.47. The topological polar surface area (TPSA) is 54.5 Å². The van der Waals surface area contributed by atoms with Crippen LogP contribution in [-0.4, -0.2) is 41.5 Å². The van der Waals surface area contributed by atoms with E-state index in [-0.39, 0.29) is 17.8 Å². The lowest BCUT2D eigenvalue weighted by atomic mass is 10.0. The third kappa shape index (κ3) is 4.50. The summed E-state index contributed by atoms with van der Waals surface area (Å²) in [7, 11) is 0. The Labute approximate surface area is 187 Å². The van der Waals surface area contributed by atoms with Crippen molar-refractivity contribution >= 4 is 5.91 Å². The molecule has 0 unspecified atom stereocenters. The minimum absolute atomic E-state index is 0.115. The fraction of sp³-hybridized carbons (Fsp3) is 0.308. The van der Waals surface area contributed by atoms with Crippen LogP contribution in [0.4, 0.5) is 4.39 Å². The molecule has 1 saturated heterocycles. The van der Waals surface area contributed by atoms with Crippen LogP contribution in [-0.2, 0) is 13.0 Å². The number of para-hydroxylation sites is 1. The van der Waals surface area contributed by atoms with E-state index in [0.717, 1.165) is 51.3 Å². The van der Waals surface area contributed by atoms with Crippen LogP contribution in [0.1, 0.15) is 34.3 Å². The first-order valence-corrected chi connectivity index (χ1v) is 11.1. The minimum Gasteiger partial charge on any atom is -0.493 e. The second kappa shape index (κ2) is 9.09. The van der Waals surface area contributed by atoms with Gasteiger partial charge in [0, 0.05) is 49.4 Å². The molecule has 6 heteroatoms. The SMILES string of the molecule is O=C(NC1CCN(Cc2cccc3c2OCC3)CC1)c1ccc(-c2cccc(F)c2)nc1. The van der Waals surface area contributed by atoms with Gasteiger partial charge in [0.1, 0.15) is 11.6 Å². The summed E-state index contributed by atoms with van der Waals surface area (Å²) in [5.41, 5.74) is 4.42. The maximum atomic E-state index is 13.4. The van der Waals surface area contributed by atoms with Crippen LogP contribution in [0, 0.1) is 5.82 Å². The number of ether oxygens (including phenoxy) is 1. The van der Waals surface area contributed by atoms with Gasteiger partial charge in [-0.3, -0.25) is 14.7 Å². The minimum atomic E-state index is -0.304. The van der Waals surface area contributed by atoms with Crippen LogP contribution < -0.4 is 10.1 Å². The summed E-state index contributed by atoms with van der Waals surface area (Å²) >= 11 is 0. The molecule has 5 nitrogen and oxygen atoms in total. The highest BCUT2D eigenvalue weighted by molar-refractivity contribution is 5.94. The molecule has 164 valence electrons. The average Bonchev–Trinajstić information content (AvgIpc) is 3.30. The van der Waals surface area contributed by atoms with Crippen molar-refractivity contribution in [2.24, 2.45) is 0 Å². The van der Waals surface area contributed by atoms with Crippen LogP contribution in [0.3, 0.4) is 0 Å². The number of halogens is 1. The van der Waals surface area contributed by atoms with Crippen molar-refractivity contribution in [2.75, 3.05) is 19.7 Å². The van der Waals surface area contributed by atoms with Gasteiger partial charge < -0.3 is 10.1 Å². The van der Waals surface area contributed by atoms with E-state index >= 15 is 0 Å². The molecule has 3 aromatic rings. The molecule has 32 heavy (non-hydrogen) atoms. The van der Waals surface area contributed by atoms with Gasteiger partial charge >= 0.3 is 0 Å². The van der Waals surface area contributed by atoms with Crippen molar-refractivity contribution in [3.63, 3.8) is 0 Å². The van der Waals surface area contributed by atoms with Crippen LogP contribution in [0.5, 0.6) is 5.75 Å². The first kappa shape index (κ1) is 20.6. The number of aromatic nitrogens is 1. The summed E-state index contributed by atoms with van der Waals surface area (Å²) in [5, 5.41) is 3.14. The van der Waals surface area contributed by atoms with E-state index in [1.165, 1.54) is 23.3 Å². The van der Waals surface area contributed by atoms with Crippen molar-refractivity contribution in [3.8, 4) is 17.0 Å². The molecule has 0 atom stereocenters. The molecular formula is C26H26FN3O2. The van der Waals surface area contributed by atoms with E-state index < -0.39 is 0 Å². The second-order valence-corrected chi connectivity index (χ2v) is 8.47. The van der Waals surface area contributed by atoms with Crippen molar-refractivity contribution in [1.29, 1.82) is 0 Å². The number of rotatable bonds is 5. The summed E-state index contributed by atoms with van der Waals surface area (Å²) in [6, 6.07) is 16.4. The van der Waals surface area contributed by atoms with Gasteiger partial charge in [-0.05, 0) is 42.7 Å². The zero-order chi connectivity index (χ0) is 21.9. The molecule has 1 aromatic heterocycles. The molecule has 0 saturated carbocycles. The van der Waals surface area contributed by atoms with Gasteiger partial charge in [-0.25, -0.2) is 4.39 Å². The number of pyridine rings is 1. The number of benzene rings is 2. The monoisotopic (exact) mass is 431 g/mol.